The van der Waals surface area contributed by atoms with Crippen LogP contribution in [0, 0.1) is 11.8 Å². The lowest BCUT2D eigenvalue weighted by Gasteiger charge is -2.29. The molecular weight excluding hydrogens is 218 g/mol. The summed E-state index contributed by atoms with van der Waals surface area (Å²) in [6.45, 7) is 1.84. The highest BCUT2D eigenvalue weighted by Crippen LogP contribution is 2.30. The number of amides is 2. The Kier molecular flexibility index (Phi) is 3.99. The van der Waals surface area contributed by atoms with Gasteiger partial charge in [0, 0.05) is 24.9 Å². The summed E-state index contributed by atoms with van der Waals surface area (Å²) in [6, 6.07) is 0. The van der Waals surface area contributed by atoms with E-state index in [1.807, 2.05) is 4.90 Å². The highest BCUT2D eigenvalue weighted by atomic mass is 16.2. The van der Waals surface area contributed by atoms with Crippen molar-refractivity contribution in [1.29, 1.82) is 0 Å². The average Bonchev–Trinajstić information content (AvgIpc) is 2.91. The monoisotopic (exact) mass is 239 g/mol. The van der Waals surface area contributed by atoms with Crippen LogP contribution in [-0.2, 0) is 9.59 Å². The summed E-state index contributed by atoms with van der Waals surface area (Å²) >= 11 is 0. The predicted molar refractivity (Wildman–Crippen MR) is 63.6 cm³/mol. The summed E-state index contributed by atoms with van der Waals surface area (Å²) in [5, 5.41) is 0. The number of likely N-dealkylation sites (tertiary alicyclic amines) is 1. The first-order valence-corrected chi connectivity index (χ1v) is 6.51. The smallest absolute Gasteiger partial charge is 0.236 e. The van der Waals surface area contributed by atoms with Gasteiger partial charge in [-0.2, -0.15) is 0 Å². The van der Waals surface area contributed by atoms with Gasteiger partial charge in [-0.1, -0.05) is 0 Å². The third-order valence-corrected chi connectivity index (χ3v) is 4.01. The molecule has 0 unspecified atom stereocenters. The molecule has 0 bridgehead atoms. The molecule has 0 spiro atoms. The Hall–Kier alpha value is -1.10. The Balaban J connectivity index is 1.82. The normalized spacial score (nSPS) is 29.1. The van der Waals surface area contributed by atoms with Gasteiger partial charge in [0.15, 0.2) is 0 Å². The molecule has 1 aliphatic carbocycles. The number of nitrogens with two attached hydrogens (primary N) is 1. The molecule has 17 heavy (non-hydrogen) atoms. The number of nitrogens with one attached hydrogen (secondary N) is 1. The number of nitrogens with zero attached hydrogens (tertiary/aromatic N) is 1. The number of hydrogen-bond acceptors (Lipinski definition) is 3. The van der Waals surface area contributed by atoms with E-state index in [0.717, 1.165) is 51.6 Å². The maximum Gasteiger partial charge on any atom is 0.236 e. The molecule has 2 fully saturated rings. The number of rotatable bonds is 2. The van der Waals surface area contributed by atoms with Crippen LogP contribution in [0.3, 0.4) is 0 Å². The minimum absolute atomic E-state index is 0.00243. The zero-order valence-corrected chi connectivity index (χ0v) is 10.2. The lowest BCUT2D eigenvalue weighted by atomic mass is 9.81. The second kappa shape index (κ2) is 5.49. The Morgan fingerprint density at radius 2 is 1.53 bits per heavy atom. The largest absolute Gasteiger partial charge is 0.342 e. The molecule has 1 saturated carbocycles. The lowest BCUT2D eigenvalue weighted by molar-refractivity contribution is -0.137. The van der Waals surface area contributed by atoms with Gasteiger partial charge in [-0.15, -0.1) is 0 Å². The van der Waals surface area contributed by atoms with Gasteiger partial charge in [0.25, 0.3) is 0 Å². The molecule has 0 radical (unpaired) electrons. The maximum absolute atomic E-state index is 12.1. The van der Waals surface area contributed by atoms with Crippen LogP contribution in [-0.4, -0.2) is 29.8 Å². The minimum Gasteiger partial charge on any atom is -0.342 e. The summed E-state index contributed by atoms with van der Waals surface area (Å²) in [6.07, 6.45) is 5.49. The molecule has 2 amide bonds. The summed E-state index contributed by atoms with van der Waals surface area (Å²) in [5.74, 6) is 5.47. The van der Waals surface area contributed by atoms with Gasteiger partial charge in [0.05, 0.1) is 0 Å². The molecule has 5 heteroatoms. The standard InChI is InChI=1S/C12H21N3O2/c13-14-11(16)9-3-5-10(6-4-9)12(17)15-7-1-2-8-15/h9-10H,1-8,13H2,(H,14,16). The van der Waals surface area contributed by atoms with E-state index in [2.05, 4.69) is 5.43 Å². The number of hydrazine groups is 1. The summed E-state index contributed by atoms with van der Waals surface area (Å²) in [4.78, 5) is 25.5. The van der Waals surface area contributed by atoms with Crippen molar-refractivity contribution in [3.8, 4) is 0 Å². The van der Waals surface area contributed by atoms with Crippen molar-refractivity contribution in [2.45, 2.75) is 38.5 Å². The minimum atomic E-state index is -0.0860. The fourth-order valence-electron chi connectivity index (χ4n) is 2.92. The van der Waals surface area contributed by atoms with Crippen LogP contribution >= 0.6 is 0 Å². The van der Waals surface area contributed by atoms with Gasteiger partial charge in [0.1, 0.15) is 0 Å². The Morgan fingerprint density at radius 1 is 1.00 bits per heavy atom. The highest BCUT2D eigenvalue weighted by molar-refractivity contribution is 5.81. The van der Waals surface area contributed by atoms with Crippen molar-refractivity contribution in [2.75, 3.05) is 13.1 Å². The molecule has 2 aliphatic rings. The van der Waals surface area contributed by atoms with Gasteiger partial charge in [-0.25, -0.2) is 5.84 Å². The predicted octanol–water partition coefficient (Wildman–Crippen LogP) is 0.405. The van der Waals surface area contributed by atoms with E-state index >= 15 is 0 Å². The van der Waals surface area contributed by atoms with Crippen LogP contribution in [0.2, 0.25) is 0 Å². The summed E-state index contributed by atoms with van der Waals surface area (Å²) < 4.78 is 0. The van der Waals surface area contributed by atoms with Crippen LogP contribution in [0.5, 0.6) is 0 Å². The van der Waals surface area contributed by atoms with Gasteiger partial charge < -0.3 is 4.90 Å². The van der Waals surface area contributed by atoms with Crippen molar-refractivity contribution in [3.05, 3.63) is 0 Å². The number of carbonyl (C=O) groups excluding carboxylic acids is 2. The van der Waals surface area contributed by atoms with E-state index in [0.29, 0.717) is 5.91 Å². The van der Waals surface area contributed by atoms with Crippen LogP contribution < -0.4 is 11.3 Å². The van der Waals surface area contributed by atoms with Crippen LogP contribution in [0.25, 0.3) is 0 Å². The molecular formula is C12H21N3O2. The van der Waals surface area contributed by atoms with Crippen LogP contribution in [0.4, 0.5) is 0 Å². The van der Waals surface area contributed by atoms with Gasteiger partial charge in [0.2, 0.25) is 11.8 Å². The van der Waals surface area contributed by atoms with Crippen molar-refractivity contribution in [3.63, 3.8) is 0 Å². The molecule has 0 atom stereocenters. The van der Waals surface area contributed by atoms with Crippen molar-refractivity contribution >= 4 is 11.8 Å². The average molecular weight is 239 g/mol. The number of carbonyl (C=O) groups is 2. The lowest BCUT2D eigenvalue weighted by Crippen LogP contribution is -2.40. The first-order valence-electron chi connectivity index (χ1n) is 6.51. The maximum atomic E-state index is 12.1. The first kappa shape index (κ1) is 12.4. The van der Waals surface area contributed by atoms with Crippen molar-refractivity contribution in [2.24, 2.45) is 17.7 Å². The molecule has 5 nitrogen and oxygen atoms in total. The third kappa shape index (κ3) is 2.77. The SMILES string of the molecule is NNC(=O)C1CCC(C(=O)N2CCCC2)CC1. The molecule has 0 aromatic heterocycles. The van der Waals surface area contributed by atoms with Gasteiger partial charge >= 0.3 is 0 Å². The first-order chi connectivity index (χ1) is 8.22. The molecule has 0 aromatic carbocycles. The molecule has 0 aromatic rings. The van der Waals surface area contributed by atoms with E-state index in [1.165, 1.54) is 0 Å². The second-order valence-corrected chi connectivity index (χ2v) is 5.09. The van der Waals surface area contributed by atoms with Gasteiger partial charge in [-0.3, -0.25) is 15.0 Å². The van der Waals surface area contributed by atoms with Crippen LogP contribution in [0.15, 0.2) is 0 Å². The zero-order chi connectivity index (χ0) is 12.3. The quantitative estimate of drug-likeness (QED) is 0.416. The third-order valence-electron chi connectivity index (χ3n) is 4.01. The Morgan fingerprint density at radius 3 is 2.06 bits per heavy atom. The molecule has 1 saturated heterocycles. The fraction of sp³-hybridized carbons (Fsp3) is 0.833. The number of hydrogen-bond donors (Lipinski definition) is 2. The molecule has 1 aliphatic heterocycles. The van der Waals surface area contributed by atoms with E-state index in [-0.39, 0.29) is 17.7 Å². The Bertz CT molecular complexity index is 292. The fourth-order valence-corrected chi connectivity index (χ4v) is 2.92. The topological polar surface area (TPSA) is 75.4 Å². The molecule has 1 heterocycles. The van der Waals surface area contributed by atoms with E-state index in [1.54, 1.807) is 0 Å². The van der Waals surface area contributed by atoms with E-state index < -0.39 is 0 Å². The summed E-state index contributed by atoms with van der Waals surface area (Å²) in [7, 11) is 0. The van der Waals surface area contributed by atoms with Crippen molar-refractivity contribution in [1.82, 2.24) is 10.3 Å². The molecule has 2 rings (SSSR count). The summed E-state index contributed by atoms with van der Waals surface area (Å²) in [5.41, 5.74) is 2.20. The zero-order valence-electron chi connectivity index (χ0n) is 10.2. The van der Waals surface area contributed by atoms with E-state index in [4.69, 9.17) is 5.84 Å². The Labute approximate surface area is 102 Å². The second-order valence-electron chi connectivity index (χ2n) is 5.09. The molecule has 96 valence electrons. The van der Waals surface area contributed by atoms with Gasteiger partial charge in [-0.05, 0) is 38.5 Å². The van der Waals surface area contributed by atoms with E-state index in [9.17, 15) is 9.59 Å². The van der Waals surface area contributed by atoms with Crippen LogP contribution in [0.1, 0.15) is 38.5 Å². The highest BCUT2D eigenvalue weighted by Gasteiger charge is 2.32. The molecule has 3 N–H and O–H groups in total. The van der Waals surface area contributed by atoms with Crippen molar-refractivity contribution < 1.29 is 9.59 Å².